The first-order valence-corrected chi connectivity index (χ1v) is 16.4. The smallest absolute Gasteiger partial charge is 0.0991 e. The van der Waals surface area contributed by atoms with E-state index in [4.69, 9.17) is 0 Å². The van der Waals surface area contributed by atoms with E-state index in [1.807, 2.05) is 18.2 Å². The molecule has 0 aromatic heterocycles. The highest BCUT2D eigenvalue weighted by molar-refractivity contribution is 6.30. The Labute approximate surface area is 278 Å². The molecule has 0 bridgehead atoms. The summed E-state index contributed by atoms with van der Waals surface area (Å²) in [5.41, 5.74) is 13.0. The normalized spacial score (nSPS) is 11.7. The quantitative estimate of drug-likeness (QED) is 0.197. The number of rotatable bonds is 3. The van der Waals surface area contributed by atoms with Crippen LogP contribution in [-0.4, -0.2) is 0 Å². The Morgan fingerprint density at radius 2 is 0.792 bits per heavy atom. The van der Waals surface area contributed by atoms with Crippen LogP contribution in [0.2, 0.25) is 0 Å². The van der Waals surface area contributed by atoms with Crippen molar-refractivity contribution in [3.05, 3.63) is 169 Å². The van der Waals surface area contributed by atoms with Gasteiger partial charge in [-0.2, -0.15) is 5.26 Å². The van der Waals surface area contributed by atoms with E-state index in [1.165, 1.54) is 87.6 Å². The number of nitrogens with zero attached hydrogens (tertiary/aromatic N) is 1. The summed E-state index contributed by atoms with van der Waals surface area (Å²) >= 11 is 0. The topological polar surface area (TPSA) is 23.8 Å². The zero-order valence-electron chi connectivity index (χ0n) is 26.0. The number of nitriles is 1. The minimum atomic E-state index is 0.668. The molecule has 1 heteroatoms. The minimum Gasteiger partial charge on any atom is -0.192 e. The Balaban J connectivity index is 1.42. The molecule has 0 spiro atoms. The number of fused-ring (bicyclic) bond motifs is 6. The third kappa shape index (κ3) is 3.72. The van der Waals surface area contributed by atoms with Gasteiger partial charge in [0, 0.05) is 0 Å². The molecule has 0 fully saturated rings. The maximum absolute atomic E-state index is 9.71. The fourth-order valence-corrected chi connectivity index (χ4v) is 8.25. The lowest BCUT2D eigenvalue weighted by Crippen LogP contribution is -1.94. The highest BCUT2D eigenvalue weighted by Crippen LogP contribution is 2.59. The summed E-state index contributed by atoms with van der Waals surface area (Å²) in [5.74, 6) is 0. The van der Waals surface area contributed by atoms with Crippen molar-refractivity contribution in [1.82, 2.24) is 0 Å². The molecule has 0 aliphatic heterocycles. The van der Waals surface area contributed by atoms with Crippen LogP contribution >= 0.6 is 0 Å². The van der Waals surface area contributed by atoms with Crippen LogP contribution in [0.3, 0.4) is 0 Å². The van der Waals surface area contributed by atoms with E-state index in [1.54, 1.807) is 0 Å². The van der Waals surface area contributed by atoms with Gasteiger partial charge >= 0.3 is 0 Å². The van der Waals surface area contributed by atoms with Crippen molar-refractivity contribution in [1.29, 1.82) is 5.26 Å². The fourth-order valence-electron chi connectivity index (χ4n) is 8.25. The van der Waals surface area contributed by atoms with Crippen molar-refractivity contribution in [3.8, 4) is 61.7 Å². The third-order valence-electron chi connectivity index (χ3n) is 10.2. The monoisotopic (exact) mass is 605 g/mol. The van der Waals surface area contributed by atoms with E-state index in [0.717, 1.165) is 11.1 Å². The van der Waals surface area contributed by atoms with Gasteiger partial charge in [0.25, 0.3) is 0 Å². The van der Waals surface area contributed by atoms with Crippen LogP contribution in [0, 0.1) is 11.3 Å². The van der Waals surface area contributed by atoms with Crippen LogP contribution in [-0.2, 0) is 0 Å². The fraction of sp³-hybridized carbons (Fsp3) is 0. The molecular weight excluding hydrogens is 579 g/mol. The highest BCUT2D eigenvalue weighted by atomic mass is 14.3. The van der Waals surface area contributed by atoms with E-state index in [0.29, 0.717) is 5.56 Å². The van der Waals surface area contributed by atoms with Crippen molar-refractivity contribution in [3.63, 3.8) is 0 Å². The molecule has 10 rings (SSSR count). The van der Waals surface area contributed by atoms with Crippen LogP contribution in [0.5, 0.6) is 0 Å². The molecule has 0 N–H and O–H groups in total. The molecule has 0 amide bonds. The molecular formula is C47H27N. The van der Waals surface area contributed by atoms with Crippen LogP contribution in [0.4, 0.5) is 0 Å². The Morgan fingerprint density at radius 3 is 1.42 bits per heavy atom. The number of hydrogen-bond acceptors (Lipinski definition) is 1. The first kappa shape index (κ1) is 26.7. The third-order valence-corrected chi connectivity index (χ3v) is 10.2. The second-order valence-corrected chi connectivity index (χ2v) is 12.7. The molecule has 1 nitrogen and oxygen atoms in total. The lowest BCUT2D eigenvalue weighted by molar-refractivity contribution is 1.48. The molecule has 1 aliphatic carbocycles. The van der Waals surface area contributed by atoms with Gasteiger partial charge in [-0.25, -0.2) is 0 Å². The minimum absolute atomic E-state index is 0.668. The first-order valence-electron chi connectivity index (χ1n) is 16.4. The standard InChI is InChI=1S/C47H27N/c48-28-29-11-7-16-32(27-29)35-25-26-42-43-36(35)23-10-24-41(43)46-44(37-21-8-14-30-12-1-3-17-33(30)37)39-19-5-6-20-40(39)45(47(42)46)38-22-9-15-31-13-2-4-18-34(31)38/h1-27H. The van der Waals surface area contributed by atoms with Gasteiger partial charge in [0.1, 0.15) is 0 Å². The Bertz CT molecular complexity index is 2710. The van der Waals surface area contributed by atoms with Crippen LogP contribution in [0.1, 0.15) is 5.56 Å². The zero-order chi connectivity index (χ0) is 31.8. The molecule has 0 radical (unpaired) electrons. The summed E-state index contributed by atoms with van der Waals surface area (Å²) < 4.78 is 0. The highest BCUT2D eigenvalue weighted by Gasteiger charge is 2.32. The van der Waals surface area contributed by atoms with E-state index < -0.39 is 0 Å². The van der Waals surface area contributed by atoms with Gasteiger partial charge < -0.3 is 0 Å². The molecule has 0 unspecified atom stereocenters. The summed E-state index contributed by atoms with van der Waals surface area (Å²) in [7, 11) is 0. The van der Waals surface area contributed by atoms with Gasteiger partial charge in [0.15, 0.2) is 0 Å². The van der Waals surface area contributed by atoms with Crippen LogP contribution in [0.25, 0.3) is 98.7 Å². The predicted molar refractivity (Wildman–Crippen MR) is 202 cm³/mol. The lowest BCUT2D eigenvalue weighted by Gasteiger charge is -2.22. The van der Waals surface area contributed by atoms with Crippen LogP contribution in [0.15, 0.2) is 164 Å². The van der Waals surface area contributed by atoms with Gasteiger partial charge in [0.05, 0.1) is 11.6 Å². The van der Waals surface area contributed by atoms with Crippen molar-refractivity contribution >= 4 is 43.1 Å². The summed E-state index contributed by atoms with van der Waals surface area (Å²) in [5, 5.41) is 19.7. The van der Waals surface area contributed by atoms with E-state index in [2.05, 4.69) is 152 Å². The largest absolute Gasteiger partial charge is 0.192 e. The molecule has 220 valence electrons. The predicted octanol–water partition coefficient (Wildman–Crippen LogP) is 12.8. The average molecular weight is 606 g/mol. The van der Waals surface area contributed by atoms with Gasteiger partial charge in [-0.1, -0.05) is 152 Å². The molecule has 0 heterocycles. The van der Waals surface area contributed by atoms with Crippen molar-refractivity contribution in [2.24, 2.45) is 0 Å². The lowest BCUT2D eigenvalue weighted by atomic mass is 9.81. The second-order valence-electron chi connectivity index (χ2n) is 12.7. The Kier molecular flexibility index (Phi) is 5.71. The molecule has 48 heavy (non-hydrogen) atoms. The summed E-state index contributed by atoms with van der Waals surface area (Å²) in [6, 6.07) is 61.5. The number of benzene rings is 9. The molecule has 0 saturated carbocycles. The molecule has 0 saturated heterocycles. The molecule has 9 aromatic rings. The maximum Gasteiger partial charge on any atom is 0.0991 e. The average Bonchev–Trinajstić information content (AvgIpc) is 3.48. The molecule has 0 atom stereocenters. The maximum atomic E-state index is 9.71. The Hall–Kier alpha value is -6.49. The van der Waals surface area contributed by atoms with Crippen molar-refractivity contribution in [2.45, 2.75) is 0 Å². The second kappa shape index (κ2) is 10.3. The van der Waals surface area contributed by atoms with Gasteiger partial charge in [0.2, 0.25) is 0 Å². The summed E-state index contributed by atoms with van der Waals surface area (Å²) in [6.07, 6.45) is 0. The van der Waals surface area contributed by atoms with Gasteiger partial charge in [-0.05, 0) is 111 Å². The zero-order valence-corrected chi connectivity index (χ0v) is 26.0. The van der Waals surface area contributed by atoms with E-state index in [-0.39, 0.29) is 0 Å². The SMILES string of the molecule is N#Cc1cccc(-c2ccc3c4c(cccc24)-c2c-3c(-c3cccc4ccccc34)c3ccccc3c2-c2cccc3ccccc23)c1. The Morgan fingerprint density at radius 1 is 0.333 bits per heavy atom. The van der Waals surface area contributed by atoms with Gasteiger partial charge in [-0.3, -0.25) is 0 Å². The van der Waals surface area contributed by atoms with Crippen molar-refractivity contribution < 1.29 is 0 Å². The molecule has 9 aromatic carbocycles. The van der Waals surface area contributed by atoms with E-state index in [9.17, 15) is 5.26 Å². The summed E-state index contributed by atoms with van der Waals surface area (Å²) in [6.45, 7) is 0. The van der Waals surface area contributed by atoms with Crippen LogP contribution < -0.4 is 0 Å². The molecule has 1 aliphatic rings. The summed E-state index contributed by atoms with van der Waals surface area (Å²) in [4.78, 5) is 0. The first-order chi connectivity index (χ1) is 23.8. The van der Waals surface area contributed by atoms with Gasteiger partial charge in [-0.15, -0.1) is 0 Å². The number of hydrogen-bond donors (Lipinski definition) is 0. The van der Waals surface area contributed by atoms with E-state index >= 15 is 0 Å². The van der Waals surface area contributed by atoms with Crippen molar-refractivity contribution in [2.75, 3.05) is 0 Å².